The highest BCUT2D eigenvalue weighted by molar-refractivity contribution is 7.90. The Bertz CT molecular complexity index is 2260. The van der Waals surface area contributed by atoms with Crippen LogP contribution in [0.5, 0.6) is 11.5 Å². The molecule has 3 unspecified atom stereocenters. The van der Waals surface area contributed by atoms with Crippen molar-refractivity contribution in [2.45, 2.75) is 148 Å². The number of amides is 3. The maximum absolute atomic E-state index is 14.4. The number of methoxy groups -OCH3 is 1. The quantitative estimate of drug-likeness (QED) is 0.0654. The van der Waals surface area contributed by atoms with Crippen molar-refractivity contribution in [3.8, 4) is 22.2 Å². The highest BCUT2D eigenvalue weighted by Crippen LogP contribution is 2.38. The number of pyridine rings is 1. The number of unbranched alkanes of at least 4 members (excludes halogenated alkanes) is 2. The van der Waals surface area contributed by atoms with Crippen LogP contribution >= 0.6 is 11.3 Å². The van der Waals surface area contributed by atoms with E-state index in [-0.39, 0.29) is 38.1 Å². The average molecular weight is 880 g/mol. The van der Waals surface area contributed by atoms with Crippen LogP contribution in [0, 0.1) is 6.92 Å². The van der Waals surface area contributed by atoms with Gasteiger partial charge in [0.05, 0.1) is 36.5 Å². The van der Waals surface area contributed by atoms with Gasteiger partial charge >= 0.3 is 5.97 Å². The molecule has 0 radical (unpaired) electrons. The Morgan fingerprint density at radius 2 is 1.74 bits per heavy atom. The number of nitrogens with zero attached hydrogens (tertiary/aromatic N) is 3. The number of likely N-dealkylation sites (tertiary alicyclic amines) is 1. The van der Waals surface area contributed by atoms with E-state index in [1.807, 2.05) is 24.4 Å². The third kappa shape index (κ3) is 12.4. The SMILES string of the molecule is C=C(CCCCC)C(=C)CC(NC(=O)C1CC(Oc2cc(-c3nc(C(C)C)cs3)nc3c(C)c(OC)ccc23)CN1C(=O)CCC(=O)OC(C)(C)C)C(=O)NS(=O)(=O)C1CC1. The van der Waals surface area contributed by atoms with Gasteiger partial charge in [-0.3, -0.25) is 23.9 Å². The molecule has 1 aromatic carbocycles. The number of nitrogens with one attached hydrogen (secondary N) is 2. The number of carbonyl (C=O) groups is 4. The number of rotatable bonds is 20. The van der Waals surface area contributed by atoms with Crippen LogP contribution in [0.4, 0.5) is 0 Å². The van der Waals surface area contributed by atoms with Gasteiger partial charge in [0.25, 0.3) is 5.91 Å². The van der Waals surface area contributed by atoms with Gasteiger partial charge in [0.15, 0.2) is 0 Å². The third-order valence-electron chi connectivity index (χ3n) is 10.7. The number of aryl methyl sites for hydroxylation is 1. The first-order valence-electron chi connectivity index (χ1n) is 21.0. The molecule has 3 atom stereocenters. The number of sulfonamides is 1. The van der Waals surface area contributed by atoms with Gasteiger partial charge in [0.1, 0.15) is 46.0 Å². The number of esters is 1. The van der Waals surface area contributed by atoms with Crippen LogP contribution < -0.4 is 19.5 Å². The van der Waals surface area contributed by atoms with E-state index in [0.29, 0.717) is 63.5 Å². The van der Waals surface area contributed by atoms with E-state index in [1.54, 1.807) is 33.9 Å². The number of carbonyl (C=O) groups excluding carboxylic acids is 4. The molecule has 3 aromatic rings. The number of allylic oxidation sites excluding steroid dienone is 1. The molecular weight excluding hydrogens is 819 g/mol. The van der Waals surface area contributed by atoms with Crippen LogP contribution in [-0.2, 0) is 33.9 Å². The molecule has 16 heteroatoms. The summed E-state index contributed by atoms with van der Waals surface area (Å²) in [5.74, 6) is -1.34. The predicted octanol–water partition coefficient (Wildman–Crippen LogP) is 7.44. The average Bonchev–Trinajstić information content (AvgIpc) is 3.79. The van der Waals surface area contributed by atoms with Crippen molar-refractivity contribution in [3.63, 3.8) is 0 Å². The first-order valence-corrected chi connectivity index (χ1v) is 23.5. The minimum atomic E-state index is -3.96. The minimum absolute atomic E-state index is 0.0203. The zero-order valence-corrected chi connectivity index (χ0v) is 38.4. The van der Waals surface area contributed by atoms with E-state index in [0.717, 1.165) is 30.5 Å². The second-order valence-electron chi connectivity index (χ2n) is 17.3. The lowest BCUT2D eigenvalue weighted by atomic mass is 9.96. The molecular formula is C45H61N5O9S2. The van der Waals surface area contributed by atoms with Gasteiger partial charge < -0.3 is 24.4 Å². The van der Waals surface area contributed by atoms with E-state index >= 15 is 0 Å². The molecule has 2 fully saturated rings. The lowest BCUT2D eigenvalue weighted by Crippen LogP contribution is -2.54. The van der Waals surface area contributed by atoms with Gasteiger partial charge in [-0.15, -0.1) is 11.3 Å². The highest BCUT2D eigenvalue weighted by Gasteiger charge is 2.43. The molecule has 61 heavy (non-hydrogen) atoms. The van der Waals surface area contributed by atoms with Gasteiger partial charge in [-0.1, -0.05) is 57.9 Å². The number of benzene rings is 1. The molecule has 1 aliphatic heterocycles. The van der Waals surface area contributed by atoms with Crippen molar-refractivity contribution in [1.29, 1.82) is 0 Å². The van der Waals surface area contributed by atoms with Crippen LogP contribution in [0.15, 0.2) is 47.9 Å². The second-order valence-corrected chi connectivity index (χ2v) is 20.1. The lowest BCUT2D eigenvalue weighted by Gasteiger charge is -2.27. The minimum Gasteiger partial charge on any atom is -0.496 e. The third-order valence-corrected chi connectivity index (χ3v) is 13.4. The summed E-state index contributed by atoms with van der Waals surface area (Å²) in [4.78, 5) is 66.0. The predicted molar refractivity (Wildman–Crippen MR) is 237 cm³/mol. The maximum Gasteiger partial charge on any atom is 0.306 e. The molecule has 2 N–H and O–H groups in total. The van der Waals surface area contributed by atoms with E-state index in [1.165, 1.54) is 16.2 Å². The van der Waals surface area contributed by atoms with Crippen LogP contribution in [0.25, 0.3) is 21.6 Å². The standard InChI is InChI=1S/C45H61N5O9S2/c1-11-12-13-14-27(4)28(5)21-33(42(53)49-61(55,56)31-15-16-31)47-43(54)36-22-30(24-50(36)39(51)19-20-40(52)59-45(7,8)9)58-38-23-34(44-48-35(25-60-44)26(2)3)46-41-29(6)37(57-10)18-17-32(38)41/h17-18,23,25-26,30-31,33,36H,4-5,11-16,19-22,24H2,1-3,6-10H3,(H,47,54)(H,49,53). The van der Waals surface area contributed by atoms with Crippen LogP contribution in [0.3, 0.4) is 0 Å². The summed E-state index contributed by atoms with van der Waals surface area (Å²) in [7, 11) is -2.37. The van der Waals surface area contributed by atoms with Crippen LogP contribution in [0.2, 0.25) is 0 Å². The number of aromatic nitrogens is 2. The number of thiazole rings is 1. The van der Waals surface area contributed by atoms with E-state index in [4.69, 9.17) is 24.2 Å². The summed E-state index contributed by atoms with van der Waals surface area (Å²) in [5.41, 5.74) is 3.39. The summed E-state index contributed by atoms with van der Waals surface area (Å²) >= 11 is 1.47. The summed E-state index contributed by atoms with van der Waals surface area (Å²) in [6.45, 7) is 21.6. The molecule has 332 valence electrons. The first kappa shape index (κ1) is 47.2. The summed E-state index contributed by atoms with van der Waals surface area (Å²) in [6, 6.07) is 2.99. The molecule has 0 bridgehead atoms. The fourth-order valence-electron chi connectivity index (χ4n) is 7.11. The Balaban J connectivity index is 1.47. The molecule has 5 rings (SSSR count). The summed E-state index contributed by atoms with van der Waals surface area (Å²) < 4.78 is 45.8. The zero-order chi connectivity index (χ0) is 44.8. The second kappa shape index (κ2) is 19.9. The fourth-order valence-corrected chi connectivity index (χ4v) is 9.40. The largest absolute Gasteiger partial charge is 0.496 e. The molecule has 3 amide bonds. The number of hydrogen-bond acceptors (Lipinski definition) is 12. The van der Waals surface area contributed by atoms with E-state index < -0.39 is 62.8 Å². The Morgan fingerprint density at radius 1 is 1.02 bits per heavy atom. The number of hydrogen-bond donors (Lipinski definition) is 2. The topological polar surface area (TPSA) is 183 Å². The van der Waals surface area contributed by atoms with Crippen molar-refractivity contribution >= 4 is 56.0 Å². The maximum atomic E-state index is 14.4. The highest BCUT2D eigenvalue weighted by atomic mass is 32.2. The Labute approximate surface area is 364 Å². The Hall–Kier alpha value is -4.83. The molecule has 0 spiro atoms. The Morgan fingerprint density at radius 3 is 2.36 bits per heavy atom. The molecule has 14 nitrogen and oxygen atoms in total. The number of ether oxygens (including phenoxy) is 3. The molecule has 1 saturated heterocycles. The van der Waals surface area contributed by atoms with Crippen LogP contribution in [-0.4, -0.2) is 89.7 Å². The molecule has 2 aliphatic rings. The Kier molecular flexibility index (Phi) is 15.4. The molecule has 2 aromatic heterocycles. The summed E-state index contributed by atoms with van der Waals surface area (Å²) in [6.07, 6.45) is 3.09. The van der Waals surface area contributed by atoms with Crippen molar-refractivity contribution in [2.24, 2.45) is 0 Å². The molecule has 3 heterocycles. The first-order chi connectivity index (χ1) is 28.7. The van der Waals surface area contributed by atoms with Crippen LogP contribution in [0.1, 0.15) is 123 Å². The van der Waals surface area contributed by atoms with E-state index in [9.17, 15) is 27.6 Å². The smallest absolute Gasteiger partial charge is 0.306 e. The van der Waals surface area contributed by atoms with Crippen molar-refractivity contribution in [3.05, 3.63) is 59.1 Å². The molecule has 1 saturated carbocycles. The normalized spacial score (nSPS) is 17.2. The lowest BCUT2D eigenvalue weighted by molar-refractivity contribution is -0.156. The zero-order valence-electron chi connectivity index (χ0n) is 36.7. The van der Waals surface area contributed by atoms with Crippen molar-refractivity contribution in [1.82, 2.24) is 24.9 Å². The number of fused-ring (bicyclic) bond motifs is 1. The van der Waals surface area contributed by atoms with E-state index in [2.05, 4.69) is 44.0 Å². The van der Waals surface area contributed by atoms with Gasteiger partial charge in [0, 0.05) is 41.7 Å². The summed E-state index contributed by atoms with van der Waals surface area (Å²) in [5, 5.41) is 5.47. The fraction of sp³-hybridized carbons (Fsp3) is 0.556. The van der Waals surface area contributed by atoms with Crippen molar-refractivity contribution in [2.75, 3.05) is 13.7 Å². The van der Waals surface area contributed by atoms with Crippen molar-refractivity contribution < 1.29 is 41.8 Å². The van der Waals surface area contributed by atoms with Gasteiger partial charge in [-0.05, 0) is 71.4 Å². The van der Waals surface area contributed by atoms with Gasteiger partial charge in [0.2, 0.25) is 21.8 Å². The molecule has 1 aliphatic carbocycles. The van der Waals surface area contributed by atoms with Gasteiger partial charge in [-0.2, -0.15) is 0 Å². The van der Waals surface area contributed by atoms with Gasteiger partial charge in [-0.25, -0.2) is 18.4 Å². The monoisotopic (exact) mass is 879 g/mol.